The van der Waals surface area contributed by atoms with Gasteiger partial charge < -0.3 is 4.74 Å². The van der Waals surface area contributed by atoms with E-state index in [0.29, 0.717) is 0 Å². The van der Waals surface area contributed by atoms with E-state index < -0.39 is 11.9 Å². The molecule has 0 aliphatic carbocycles. The lowest BCUT2D eigenvalue weighted by Crippen LogP contribution is -2.06. The summed E-state index contributed by atoms with van der Waals surface area (Å²) in [6, 6.07) is 18.6. The van der Waals surface area contributed by atoms with Crippen LogP contribution in [0.15, 0.2) is 72.8 Å². The highest BCUT2D eigenvalue weighted by atomic mass is 16.6. The first kappa shape index (κ1) is 14.5. The summed E-state index contributed by atoms with van der Waals surface area (Å²) in [4.78, 5) is 22.9. The minimum atomic E-state index is -0.693. The lowest BCUT2D eigenvalue weighted by Gasteiger charge is -1.95. The normalized spacial score (nSPS) is 10.9. The van der Waals surface area contributed by atoms with Crippen LogP contribution in [0.2, 0.25) is 0 Å². The van der Waals surface area contributed by atoms with E-state index in [9.17, 15) is 9.59 Å². The van der Waals surface area contributed by atoms with Crippen LogP contribution in [0.1, 0.15) is 11.1 Å². The Labute approximate surface area is 123 Å². The Morgan fingerprint density at radius 2 is 1.05 bits per heavy atom. The molecule has 3 heteroatoms. The maximum absolute atomic E-state index is 11.5. The topological polar surface area (TPSA) is 43.4 Å². The van der Waals surface area contributed by atoms with Crippen LogP contribution >= 0.6 is 0 Å². The molecule has 104 valence electrons. The second kappa shape index (κ2) is 7.60. The van der Waals surface area contributed by atoms with Gasteiger partial charge in [0, 0.05) is 12.2 Å². The maximum atomic E-state index is 11.5. The van der Waals surface area contributed by atoms with E-state index in [1.165, 1.54) is 12.2 Å². The summed E-state index contributed by atoms with van der Waals surface area (Å²) in [5.74, 6) is -1.39. The summed E-state index contributed by atoms with van der Waals surface area (Å²) in [7, 11) is 0. The number of esters is 2. The highest BCUT2D eigenvalue weighted by Gasteiger charge is 2.03. The molecule has 0 N–H and O–H groups in total. The molecule has 0 radical (unpaired) electrons. The van der Waals surface area contributed by atoms with E-state index in [2.05, 4.69) is 4.74 Å². The summed E-state index contributed by atoms with van der Waals surface area (Å²) in [6.07, 6.45) is 5.64. The average molecular weight is 278 g/mol. The van der Waals surface area contributed by atoms with Crippen LogP contribution in [0.5, 0.6) is 0 Å². The third kappa shape index (κ3) is 5.28. The predicted octanol–water partition coefficient (Wildman–Crippen LogP) is 3.48. The fourth-order valence-corrected chi connectivity index (χ4v) is 1.62. The SMILES string of the molecule is O=C(/C=C\c1ccccc1)OC(=O)/C=C\c1ccccc1. The molecule has 0 fully saturated rings. The van der Waals surface area contributed by atoms with Crippen LogP contribution in [0.4, 0.5) is 0 Å². The Hall–Kier alpha value is -2.94. The van der Waals surface area contributed by atoms with E-state index in [1.54, 1.807) is 12.2 Å². The van der Waals surface area contributed by atoms with E-state index >= 15 is 0 Å². The smallest absolute Gasteiger partial charge is 0.338 e. The van der Waals surface area contributed by atoms with Crippen molar-refractivity contribution in [3.8, 4) is 0 Å². The second-order valence-corrected chi connectivity index (χ2v) is 4.23. The number of carbonyl (C=O) groups excluding carboxylic acids is 2. The molecule has 2 aromatic carbocycles. The third-order valence-corrected chi connectivity index (χ3v) is 2.62. The Kier molecular flexibility index (Phi) is 5.24. The van der Waals surface area contributed by atoms with E-state index in [0.717, 1.165) is 11.1 Å². The van der Waals surface area contributed by atoms with Gasteiger partial charge in [0.05, 0.1) is 0 Å². The summed E-state index contributed by atoms with van der Waals surface area (Å²) in [5.41, 5.74) is 1.73. The summed E-state index contributed by atoms with van der Waals surface area (Å²) in [6.45, 7) is 0. The highest BCUT2D eigenvalue weighted by molar-refractivity contribution is 5.99. The molecule has 0 amide bonds. The van der Waals surface area contributed by atoms with Gasteiger partial charge in [-0.1, -0.05) is 60.7 Å². The molecule has 0 aliphatic rings. The van der Waals surface area contributed by atoms with Crippen molar-refractivity contribution in [3.63, 3.8) is 0 Å². The minimum absolute atomic E-state index is 0.693. The Morgan fingerprint density at radius 3 is 1.43 bits per heavy atom. The lowest BCUT2D eigenvalue weighted by molar-refractivity contribution is -0.152. The Bertz CT molecular complexity index is 596. The van der Waals surface area contributed by atoms with Crippen molar-refractivity contribution in [2.24, 2.45) is 0 Å². The predicted molar refractivity (Wildman–Crippen MR) is 82.1 cm³/mol. The summed E-state index contributed by atoms with van der Waals surface area (Å²) < 4.78 is 4.64. The first-order valence-electron chi connectivity index (χ1n) is 6.46. The summed E-state index contributed by atoms with van der Waals surface area (Å²) in [5, 5.41) is 0. The molecule has 0 spiro atoms. The molecule has 0 heterocycles. The average Bonchev–Trinajstić information content (AvgIpc) is 2.53. The van der Waals surface area contributed by atoms with Gasteiger partial charge >= 0.3 is 11.9 Å². The van der Waals surface area contributed by atoms with Crippen LogP contribution in [-0.2, 0) is 14.3 Å². The Balaban J connectivity index is 1.87. The number of hydrogen-bond donors (Lipinski definition) is 0. The fourth-order valence-electron chi connectivity index (χ4n) is 1.62. The van der Waals surface area contributed by atoms with Gasteiger partial charge in [0.1, 0.15) is 0 Å². The molecule has 0 saturated carbocycles. The van der Waals surface area contributed by atoms with Gasteiger partial charge in [-0.2, -0.15) is 0 Å². The monoisotopic (exact) mass is 278 g/mol. The first-order chi connectivity index (χ1) is 10.2. The largest absolute Gasteiger partial charge is 0.387 e. The summed E-state index contributed by atoms with van der Waals surface area (Å²) >= 11 is 0. The number of hydrogen-bond acceptors (Lipinski definition) is 3. The molecule has 0 bridgehead atoms. The van der Waals surface area contributed by atoms with Crippen molar-refractivity contribution < 1.29 is 14.3 Å². The molecule has 21 heavy (non-hydrogen) atoms. The zero-order valence-corrected chi connectivity index (χ0v) is 11.3. The van der Waals surface area contributed by atoms with Crippen LogP contribution < -0.4 is 0 Å². The van der Waals surface area contributed by atoms with E-state index in [1.807, 2.05) is 60.7 Å². The van der Waals surface area contributed by atoms with Crippen LogP contribution in [0.3, 0.4) is 0 Å². The first-order valence-corrected chi connectivity index (χ1v) is 6.46. The second-order valence-electron chi connectivity index (χ2n) is 4.23. The van der Waals surface area contributed by atoms with E-state index in [4.69, 9.17) is 0 Å². The molecule has 3 nitrogen and oxygen atoms in total. The van der Waals surface area contributed by atoms with Gasteiger partial charge in [0.15, 0.2) is 0 Å². The zero-order valence-electron chi connectivity index (χ0n) is 11.3. The van der Waals surface area contributed by atoms with Gasteiger partial charge in [-0.05, 0) is 23.3 Å². The molecule has 0 unspecified atom stereocenters. The molecular weight excluding hydrogens is 264 g/mol. The zero-order chi connectivity index (χ0) is 14.9. The van der Waals surface area contributed by atoms with Crippen molar-refractivity contribution in [3.05, 3.63) is 83.9 Å². The van der Waals surface area contributed by atoms with Crippen molar-refractivity contribution in [2.75, 3.05) is 0 Å². The molecule has 0 aromatic heterocycles. The molecule has 2 rings (SSSR count). The van der Waals surface area contributed by atoms with Gasteiger partial charge in [0.25, 0.3) is 0 Å². The molecule has 0 saturated heterocycles. The van der Waals surface area contributed by atoms with Gasteiger partial charge in [-0.25, -0.2) is 9.59 Å². The van der Waals surface area contributed by atoms with Crippen LogP contribution in [0.25, 0.3) is 12.2 Å². The lowest BCUT2D eigenvalue weighted by atomic mass is 10.2. The number of carbonyl (C=O) groups is 2. The number of ether oxygens (including phenoxy) is 1. The molecule has 0 atom stereocenters. The van der Waals surface area contributed by atoms with Crippen molar-refractivity contribution >= 4 is 24.1 Å². The fraction of sp³-hybridized carbons (Fsp3) is 0. The van der Waals surface area contributed by atoms with Crippen molar-refractivity contribution in [2.45, 2.75) is 0 Å². The molecular formula is C18H14O3. The van der Waals surface area contributed by atoms with Crippen molar-refractivity contribution in [1.82, 2.24) is 0 Å². The van der Waals surface area contributed by atoms with Gasteiger partial charge in [-0.15, -0.1) is 0 Å². The maximum Gasteiger partial charge on any atom is 0.338 e. The highest BCUT2D eigenvalue weighted by Crippen LogP contribution is 2.03. The van der Waals surface area contributed by atoms with Gasteiger partial charge in [-0.3, -0.25) is 0 Å². The molecule has 0 aliphatic heterocycles. The van der Waals surface area contributed by atoms with Crippen molar-refractivity contribution in [1.29, 1.82) is 0 Å². The van der Waals surface area contributed by atoms with Crippen LogP contribution in [-0.4, -0.2) is 11.9 Å². The Morgan fingerprint density at radius 1 is 0.667 bits per heavy atom. The third-order valence-electron chi connectivity index (χ3n) is 2.62. The minimum Gasteiger partial charge on any atom is -0.387 e. The van der Waals surface area contributed by atoms with E-state index in [-0.39, 0.29) is 0 Å². The number of rotatable bonds is 4. The molecule has 2 aromatic rings. The quantitative estimate of drug-likeness (QED) is 0.488. The standard InChI is InChI=1S/C18H14O3/c19-17(13-11-15-7-3-1-4-8-15)21-18(20)14-12-16-9-5-2-6-10-16/h1-14H/b13-11-,14-12-. The number of benzene rings is 2. The van der Waals surface area contributed by atoms with Crippen LogP contribution in [0, 0.1) is 0 Å². The van der Waals surface area contributed by atoms with Gasteiger partial charge in [0.2, 0.25) is 0 Å².